The highest BCUT2D eigenvalue weighted by Crippen LogP contribution is 2.29. The molecule has 33 heavy (non-hydrogen) atoms. The van der Waals surface area contributed by atoms with Gasteiger partial charge in [0, 0.05) is 12.1 Å². The number of hydrogen-bond donors (Lipinski definition) is 1. The highest BCUT2D eigenvalue weighted by atomic mass is 32.2. The number of nitrogens with zero attached hydrogens (tertiary/aromatic N) is 2. The van der Waals surface area contributed by atoms with Crippen molar-refractivity contribution in [3.8, 4) is 5.75 Å². The molecule has 1 amide bonds. The number of fused-ring (bicyclic) bond motifs is 1. The maximum Gasteiger partial charge on any atom is 0.271 e. The van der Waals surface area contributed by atoms with E-state index in [2.05, 4.69) is 5.32 Å². The Bertz CT molecular complexity index is 1290. The van der Waals surface area contributed by atoms with Crippen molar-refractivity contribution >= 4 is 38.1 Å². The lowest BCUT2D eigenvalue weighted by molar-refractivity contribution is -0.384. The maximum atomic E-state index is 12.7. The summed E-state index contributed by atoms with van der Waals surface area (Å²) in [4.78, 5) is 23.2. The van der Waals surface area contributed by atoms with E-state index in [-0.39, 0.29) is 24.5 Å². The smallest absolute Gasteiger partial charge is 0.271 e. The Morgan fingerprint density at radius 1 is 1.12 bits per heavy atom. The number of aryl methyl sites for hydroxylation is 1. The molecular formula is C23H25N3O6S. The van der Waals surface area contributed by atoms with Crippen LogP contribution in [0.4, 0.5) is 11.4 Å². The van der Waals surface area contributed by atoms with Gasteiger partial charge in [-0.25, -0.2) is 8.42 Å². The lowest BCUT2D eigenvalue weighted by Gasteiger charge is -2.29. The average molecular weight is 472 g/mol. The van der Waals surface area contributed by atoms with Gasteiger partial charge in [0.25, 0.3) is 5.69 Å². The molecule has 0 aliphatic carbocycles. The molecule has 0 aromatic heterocycles. The number of anilines is 1. The van der Waals surface area contributed by atoms with Crippen molar-refractivity contribution in [2.75, 3.05) is 23.7 Å². The summed E-state index contributed by atoms with van der Waals surface area (Å²) in [5, 5.41) is 15.9. The van der Waals surface area contributed by atoms with E-state index < -0.39 is 26.9 Å². The number of benzene rings is 3. The predicted molar refractivity (Wildman–Crippen MR) is 127 cm³/mol. The molecule has 10 heteroatoms. The number of nitrogens with one attached hydrogen (secondary N) is 1. The van der Waals surface area contributed by atoms with Crippen molar-refractivity contribution in [1.29, 1.82) is 0 Å². The van der Waals surface area contributed by atoms with Crippen LogP contribution in [-0.4, -0.2) is 44.7 Å². The quantitative estimate of drug-likeness (QED) is 0.290. The maximum absolute atomic E-state index is 12.7. The Kier molecular flexibility index (Phi) is 7.17. The standard InChI is InChI=1S/C23H25N3O6S/c1-16-8-10-20(26(28)29)15-22(16)25(33(3,30)31)17(2)23(27)24-12-13-32-21-11-9-18-6-4-5-7-19(18)14-21/h4-11,14-15,17H,12-13H2,1-3H3,(H,24,27)/t17-/m0/s1. The summed E-state index contributed by atoms with van der Waals surface area (Å²) in [6.07, 6.45) is 0.956. The second-order valence-corrected chi connectivity index (χ2v) is 9.47. The Morgan fingerprint density at radius 2 is 1.82 bits per heavy atom. The third kappa shape index (κ3) is 5.78. The molecular weight excluding hydrogens is 446 g/mol. The molecule has 174 valence electrons. The first-order chi connectivity index (χ1) is 15.6. The number of carbonyl (C=O) groups excluding carboxylic acids is 1. The topological polar surface area (TPSA) is 119 Å². The minimum Gasteiger partial charge on any atom is -0.492 e. The summed E-state index contributed by atoms with van der Waals surface area (Å²) in [7, 11) is -3.90. The second kappa shape index (κ2) is 9.86. The molecule has 0 saturated carbocycles. The number of rotatable bonds is 9. The van der Waals surface area contributed by atoms with Gasteiger partial charge in [0.2, 0.25) is 15.9 Å². The summed E-state index contributed by atoms with van der Waals surface area (Å²) in [6, 6.07) is 16.3. The molecule has 0 bridgehead atoms. The van der Waals surface area contributed by atoms with Gasteiger partial charge < -0.3 is 10.1 Å². The minimum absolute atomic E-state index is 0.0850. The van der Waals surface area contributed by atoms with Crippen molar-refractivity contribution in [2.45, 2.75) is 19.9 Å². The highest BCUT2D eigenvalue weighted by Gasteiger charge is 2.31. The molecule has 0 radical (unpaired) electrons. The van der Waals surface area contributed by atoms with E-state index in [1.165, 1.54) is 19.1 Å². The van der Waals surface area contributed by atoms with E-state index in [4.69, 9.17) is 4.74 Å². The largest absolute Gasteiger partial charge is 0.492 e. The first-order valence-electron chi connectivity index (χ1n) is 10.2. The Balaban J connectivity index is 1.67. The van der Waals surface area contributed by atoms with Crippen molar-refractivity contribution in [1.82, 2.24) is 5.32 Å². The number of hydrogen-bond acceptors (Lipinski definition) is 6. The van der Waals surface area contributed by atoms with E-state index in [1.54, 1.807) is 6.92 Å². The molecule has 3 aromatic rings. The van der Waals surface area contributed by atoms with Crippen LogP contribution in [-0.2, 0) is 14.8 Å². The minimum atomic E-state index is -3.90. The van der Waals surface area contributed by atoms with Gasteiger partial charge in [0.15, 0.2) is 0 Å². The number of nitro benzene ring substituents is 1. The van der Waals surface area contributed by atoms with Crippen LogP contribution >= 0.6 is 0 Å². The van der Waals surface area contributed by atoms with Crippen LogP contribution in [0.25, 0.3) is 10.8 Å². The van der Waals surface area contributed by atoms with Crippen LogP contribution in [0.1, 0.15) is 12.5 Å². The summed E-state index contributed by atoms with van der Waals surface area (Å²) in [5.74, 6) is 0.106. The molecule has 9 nitrogen and oxygen atoms in total. The van der Waals surface area contributed by atoms with Gasteiger partial charge in [-0.1, -0.05) is 36.4 Å². The molecule has 3 aromatic carbocycles. The predicted octanol–water partition coefficient (Wildman–Crippen LogP) is 3.41. The van der Waals surface area contributed by atoms with E-state index >= 15 is 0 Å². The van der Waals surface area contributed by atoms with Crippen LogP contribution in [0, 0.1) is 17.0 Å². The number of amides is 1. The van der Waals surface area contributed by atoms with Crippen molar-refractivity contribution in [3.05, 3.63) is 76.3 Å². The van der Waals surface area contributed by atoms with Crippen molar-refractivity contribution in [2.24, 2.45) is 0 Å². The van der Waals surface area contributed by atoms with E-state index in [0.717, 1.165) is 27.4 Å². The molecule has 0 saturated heterocycles. The summed E-state index contributed by atoms with van der Waals surface area (Å²) in [5.41, 5.74) is 0.313. The van der Waals surface area contributed by atoms with Gasteiger partial charge in [-0.2, -0.15) is 0 Å². The zero-order valence-corrected chi connectivity index (χ0v) is 19.3. The number of sulfonamides is 1. The fourth-order valence-corrected chi connectivity index (χ4v) is 4.70. The second-order valence-electron chi connectivity index (χ2n) is 7.61. The van der Waals surface area contributed by atoms with Crippen LogP contribution in [0.15, 0.2) is 60.7 Å². The molecule has 1 atom stereocenters. The summed E-state index contributed by atoms with van der Waals surface area (Å²) in [6.45, 7) is 3.39. The normalized spacial score (nSPS) is 12.2. The van der Waals surface area contributed by atoms with Gasteiger partial charge in [0.1, 0.15) is 18.4 Å². The number of non-ortho nitro benzene ring substituents is 1. The van der Waals surface area contributed by atoms with Gasteiger partial charge in [-0.3, -0.25) is 19.2 Å². The van der Waals surface area contributed by atoms with Gasteiger partial charge >= 0.3 is 0 Å². The van der Waals surface area contributed by atoms with Gasteiger partial charge in [-0.05, 0) is 42.3 Å². The number of ether oxygens (including phenoxy) is 1. The fourth-order valence-electron chi connectivity index (χ4n) is 3.48. The van der Waals surface area contributed by atoms with E-state index in [9.17, 15) is 23.3 Å². The van der Waals surface area contributed by atoms with Crippen LogP contribution < -0.4 is 14.4 Å². The number of carbonyl (C=O) groups is 1. The Labute approximate surface area is 192 Å². The summed E-state index contributed by atoms with van der Waals surface area (Å²) >= 11 is 0. The van der Waals surface area contributed by atoms with E-state index in [1.807, 2.05) is 42.5 Å². The lowest BCUT2D eigenvalue weighted by Crippen LogP contribution is -2.48. The van der Waals surface area contributed by atoms with Gasteiger partial charge in [0.05, 0.1) is 23.4 Å². The molecule has 0 aliphatic heterocycles. The monoisotopic (exact) mass is 471 g/mol. The zero-order chi connectivity index (χ0) is 24.2. The van der Waals surface area contributed by atoms with Gasteiger partial charge in [-0.15, -0.1) is 0 Å². The van der Waals surface area contributed by atoms with Crippen LogP contribution in [0.5, 0.6) is 5.75 Å². The molecule has 3 rings (SSSR count). The molecule has 0 aliphatic rings. The third-order valence-corrected chi connectivity index (χ3v) is 6.35. The molecule has 0 fully saturated rings. The SMILES string of the molecule is Cc1ccc([N+](=O)[O-])cc1N([C@@H](C)C(=O)NCCOc1ccc2ccccc2c1)S(C)(=O)=O. The lowest BCUT2D eigenvalue weighted by atomic mass is 10.1. The molecule has 0 spiro atoms. The third-order valence-electron chi connectivity index (χ3n) is 5.12. The Morgan fingerprint density at radius 3 is 2.48 bits per heavy atom. The molecule has 0 heterocycles. The van der Waals surface area contributed by atoms with E-state index in [0.29, 0.717) is 11.3 Å². The highest BCUT2D eigenvalue weighted by molar-refractivity contribution is 7.92. The van der Waals surface area contributed by atoms with Crippen LogP contribution in [0.2, 0.25) is 0 Å². The fraction of sp³-hybridized carbons (Fsp3) is 0.261. The first kappa shape index (κ1) is 24.0. The molecule has 1 N–H and O–H groups in total. The van der Waals surface area contributed by atoms with Crippen molar-refractivity contribution < 1.29 is 22.9 Å². The summed E-state index contributed by atoms with van der Waals surface area (Å²) < 4.78 is 31.6. The number of nitro groups is 1. The first-order valence-corrected chi connectivity index (χ1v) is 12.1. The molecule has 0 unspecified atom stereocenters. The average Bonchev–Trinajstić information content (AvgIpc) is 2.76. The zero-order valence-electron chi connectivity index (χ0n) is 18.5. The van der Waals surface area contributed by atoms with Crippen molar-refractivity contribution in [3.63, 3.8) is 0 Å². The van der Waals surface area contributed by atoms with Crippen LogP contribution in [0.3, 0.4) is 0 Å². The Hall–Kier alpha value is -3.66.